The van der Waals surface area contributed by atoms with Crippen LogP contribution in [0.25, 0.3) is 0 Å². The number of carbonyl (C=O) groups excluding carboxylic acids is 1. The maximum Gasteiger partial charge on any atom is 0.317 e. The highest BCUT2D eigenvalue weighted by molar-refractivity contribution is 5.74. The van der Waals surface area contributed by atoms with E-state index in [0.717, 1.165) is 32.2 Å². The molecule has 1 aromatic carbocycles. The Balaban J connectivity index is 1.80. The number of aliphatic carboxylic acids is 1. The predicted molar refractivity (Wildman–Crippen MR) is 89.4 cm³/mol. The van der Waals surface area contributed by atoms with Crippen LogP contribution in [-0.2, 0) is 11.2 Å². The summed E-state index contributed by atoms with van der Waals surface area (Å²) in [5.41, 5.74) is 1.31. The van der Waals surface area contributed by atoms with Crippen molar-refractivity contribution in [1.82, 2.24) is 10.2 Å². The topological polar surface area (TPSA) is 69.6 Å². The first kappa shape index (κ1) is 17.3. The van der Waals surface area contributed by atoms with Crippen molar-refractivity contribution in [3.63, 3.8) is 0 Å². The van der Waals surface area contributed by atoms with Gasteiger partial charge in [-0.2, -0.15) is 0 Å². The lowest BCUT2D eigenvalue weighted by Gasteiger charge is -2.36. The van der Waals surface area contributed by atoms with Gasteiger partial charge in [0, 0.05) is 25.6 Å². The molecule has 1 heterocycles. The Kier molecular flexibility index (Phi) is 6.91. The molecule has 0 saturated carbocycles. The van der Waals surface area contributed by atoms with Crippen LogP contribution in [0.5, 0.6) is 0 Å². The fraction of sp³-hybridized carbons (Fsp3) is 0.556. The minimum atomic E-state index is -0.821. The molecular weight excluding hydrogens is 292 g/mol. The molecule has 1 aliphatic rings. The molecule has 5 heteroatoms. The van der Waals surface area contributed by atoms with Gasteiger partial charge in [0.1, 0.15) is 0 Å². The zero-order valence-electron chi connectivity index (χ0n) is 13.5. The minimum Gasteiger partial charge on any atom is -0.481 e. The van der Waals surface area contributed by atoms with Gasteiger partial charge in [0.25, 0.3) is 0 Å². The normalized spacial score (nSPS) is 17.7. The fourth-order valence-electron chi connectivity index (χ4n) is 3.08. The Morgan fingerprint density at radius 1 is 1.22 bits per heavy atom. The first-order valence-electron chi connectivity index (χ1n) is 8.47. The molecule has 0 aliphatic carbocycles. The van der Waals surface area contributed by atoms with E-state index in [9.17, 15) is 9.59 Å². The molecule has 5 nitrogen and oxygen atoms in total. The number of amides is 2. The molecule has 0 spiro atoms. The molecule has 0 radical (unpaired) electrons. The predicted octanol–water partition coefficient (Wildman–Crippen LogP) is 3.05. The van der Waals surface area contributed by atoms with E-state index in [2.05, 4.69) is 17.4 Å². The number of benzene rings is 1. The SMILES string of the molecule is O=C(O)CCCNC(=O)N1CCCC[C@@H]1CCc1ccccc1. The van der Waals surface area contributed by atoms with E-state index in [0.29, 0.717) is 13.0 Å². The number of carboxylic acids is 1. The first-order valence-corrected chi connectivity index (χ1v) is 8.47. The van der Waals surface area contributed by atoms with Gasteiger partial charge in [0.15, 0.2) is 0 Å². The summed E-state index contributed by atoms with van der Waals surface area (Å²) in [6.45, 7) is 1.22. The van der Waals surface area contributed by atoms with Crippen molar-refractivity contribution in [3.8, 4) is 0 Å². The number of piperidine rings is 1. The maximum atomic E-state index is 12.3. The van der Waals surface area contributed by atoms with Gasteiger partial charge < -0.3 is 15.3 Å². The summed E-state index contributed by atoms with van der Waals surface area (Å²) in [7, 11) is 0. The standard InChI is InChI=1S/C18H26N2O3/c21-17(22)10-6-13-19-18(23)20-14-5-4-9-16(20)12-11-15-7-2-1-3-8-15/h1-3,7-8,16H,4-6,9-14H2,(H,19,23)(H,21,22)/t16-/m1/s1. The molecule has 2 N–H and O–H groups in total. The quantitative estimate of drug-likeness (QED) is 0.759. The molecule has 2 amide bonds. The third-order valence-corrected chi connectivity index (χ3v) is 4.34. The molecule has 0 bridgehead atoms. The number of nitrogens with zero attached hydrogens (tertiary/aromatic N) is 1. The number of hydrogen-bond donors (Lipinski definition) is 2. The Bertz CT molecular complexity index is 504. The molecule has 0 aromatic heterocycles. The lowest BCUT2D eigenvalue weighted by Crippen LogP contribution is -2.49. The highest BCUT2D eigenvalue weighted by Gasteiger charge is 2.26. The van der Waals surface area contributed by atoms with Gasteiger partial charge >= 0.3 is 12.0 Å². The van der Waals surface area contributed by atoms with Crippen LogP contribution in [0, 0.1) is 0 Å². The molecule has 23 heavy (non-hydrogen) atoms. The second-order valence-corrected chi connectivity index (χ2v) is 6.10. The zero-order chi connectivity index (χ0) is 16.5. The lowest BCUT2D eigenvalue weighted by molar-refractivity contribution is -0.137. The summed E-state index contributed by atoms with van der Waals surface area (Å²) in [6, 6.07) is 10.6. The molecule has 1 atom stereocenters. The summed E-state index contributed by atoms with van der Waals surface area (Å²) in [5, 5.41) is 11.5. The van der Waals surface area contributed by atoms with Gasteiger partial charge in [-0.15, -0.1) is 0 Å². The minimum absolute atomic E-state index is 0.0480. The number of carboxylic acid groups (broad SMARTS) is 1. The monoisotopic (exact) mass is 318 g/mol. The fourth-order valence-corrected chi connectivity index (χ4v) is 3.08. The van der Waals surface area contributed by atoms with E-state index in [1.165, 1.54) is 12.0 Å². The molecular formula is C18H26N2O3. The first-order chi connectivity index (χ1) is 11.2. The average molecular weight is 318 g/mol. The van der Waals surface area contributed by atoms with Crippen molar-refractivity contribution >= 4 is 12.0 Å². The number of urea groups is 1. The van der Waals surface area contributed by atoms with Gasteiger partial charge in [-0.1, -0.05) is 30.3 Å². The van der Waals surface area contributed by atoms with Gasteiger partial charge in [0.05, 0.1) is 0 Å². The number of aryl methyl sites for hydroxylation is 1. The van der Waals surface area contributed by atoms with Crippen LogP contribution in [0.15, 0.2) is 30.3 Å². The summed E-state index contributed by atoms with van der Waals surface area (Å²) in [4.78, 5) is 24.8. The highest BCUT2D eigenvalue weighted by atomic mass is 16.4. The number of nitrogens with one attached hydrogen (secondary N) is 1. The van der Waals surface area contributed by atoms with Crippen LogP contribution in [0.3, 0.4) is 0 Å². The number of likely N-dealkylation sites (tertiary alicyclic amines) is 1. The summed E-state index contributed by atoms with van der Waals surface area (Å²) in [6.07, 6.45) is 5.80. The molecule has 1 aliphatic heterocycles. The number of hydrogen-bond acceptors (Lipinski definition) is 2. The van der Waals surface area contributed by atoms with Crippen LogP contribution in [-0.4, -0.2) is 41.1 Å². The molecule has 2 rings (SSSR count). The van der Waals surface area contributed by atoms with Crippen molar-refractivity contribution in [3.05, 3.63) is 35.9 Å². The molecule has 126 valence electrons. The van der Waals surface area contributed by atoms with E-state index >= 15 is 0 Å². The Hall–Kier alpha value is -2.04. The number of carbonyl (C=O) groups is 2. The van der Waals surface area contributed by atoms with Gasteiger partial charge in [-0.25, -0.2) is 4.79 Å². The molecule has 0 unspecified atom stereocenters. The third kappa shape index (κ3) is 5.93. The second kappa shape index (κ2) is 9.18. The van der Waals surface area contributed by atoms with E-state index in [4.69, 9.17) is 5.11 Å². The van der Waals surface area contributed by atoms with E-state index in [1.807, 2.05) is 23.1 Å². The van der Waals surface area contributed by atoms with Crippen molar-refractivity contribution < 1.29 is 14.7 Å². The molecule has 1 fully saturated rings. The largest absolute Gasteiger partial charge is 0.481 e. The van der Waals surface area contributed by atoms with Crippen molar-refractivity contribution in [1.29, 1.82) is 0 Å². The Labute approximate surface area is 137 Å². The van der Waals surface area contributed by atoms with Crippen LogP contribution in [0.1, 0.15) is 44.1 Å². The smallest absolute Gasteiger partial charge is 0.317 e. The second-order valence-electron chi connectivity index (χ2n) is 6.10. The van der Waals surface area contributed by atoms with Crippen molar-refractivity contribution in [2.45, 2.75) is 51.0 Å². The Morgan fingerprint density at radius 2 is 2.00 bits per heavy atom. The molecule has 1 aromatic rings. The summed E-state index contributed by atoms with van der Waals surface area (Å²) >= 11 is 0. The van der Waals surface area contributed by atoms with Gasteiger partial charge in [-0.3, -0.25) is 4.79 Å². The van der Waals surface area contributed by atoms with Crippen LogP contribution >= 0.6 is 0 Å². The maximum absolute atomic E-state index is 12.3. The third-order valence-electron chi connectivity index (χ3n) is 4.34. The van der Waals surface area contributed by atoms with Crippen molar-refractivity contribution in [2.24, 2.45) is 0 Å². The van der Waals surface area contributed by atoms with Crippen molar-refractivity contribution in [2.75, 3.05) is 13.1 Å². The Morgan fingerprint density at radius 3 is 2.74 bits per heavy atom. The van der Waals surface area contributed by atoms with Crippen LogP contribution in [0.4, 0.5) is 4.79 Å². The highest BCUT2D eigenvalue weighted by Crippen LogP contribution is 2.21. The summed E-state index contributed by atoms with van der Waals surface area (Å²) < 4.78 is 0. The zero-order valence-corrected chi connectivity index (χ0v) is 13.5. The van der Waals surface area contributed by atoms with Crippen LogP contribution < -0.4 is 5.32 Å². The average Bonchev–Trinajstić information content (AvgIpc) is 2.58. The number of rotatable bonds is 7. The van der Waals surface area contributed by atoms with Crippen LogP contribution in [0.2, 0.25) is 0 Å². The summed E-state index contributed by atoms with van der Waals surface area (Å²) in [5.74, 6) is -0.821. The molecule has 1 saturated heterocycles. The van der Waals surface area contributed by atoms with Gasteiger partial charge in [0.2, 0.25) is 0 Å². The van der Waals surface area contributed by atoms with E-state index < -0.39 is 5.97 Å². The van der Waals surface area contributed by atoms with E-state index in [1.54, 1.807) is 0 Å². The van der Waals surface area contributed by atoms with E-state index in [-0.39, 0.29) is 18.5 Å². The van der Waals surface area contributed by atoms with Gasteiger partial charge in [-0.05, 0) is 44.1 Å². The lowest BCUT2D eigenvalue weighted by atomic mass is 9.96.